The van der Waals surface area contributed by atoms with Crippen molar-refractivity contribution >= 4 is 11.0 Å². The summed E-state index contributed by atoms with van der Waals surface area (Å²) in [6.07, 6.45) is 7.78. The van der Waals surface area contributed by atoms with E-state index in [9.17, 15) is 0 Å². The quantitative estimate of drug-likeness (QED) is 0.501. The zero-order chi connectivity index (χ0) is 22.1. The number of hydrogen-bond donors (Lipinski definition) is 0. The SMILES string of the molecule is Cc1nc2cc(-c3ccc(C4CCCC(CN(C)C5CCOCC5)C4)cc3)ccc2n1C. The van der Waals surface area contributed by atoms with Crippen molar-refractivity contribution in [2.24, 2.45) is 13.0 Å². The van der Waals surface area contributed by atoms with E-state index in [4.69, 9.17) is 9.72 Å². The summed E-state index contributed by atoms with van der Waals surface area (Å²) in [5, 5.41) is 0. The molecule has 0 spiro atoms. The van der Waals surface area contributed by atoms with Crippen LogP contribution in [0.25, 0.3) is 22.2 Å². The van der Waals surface area contributed by atoms with E-state index >= 15 is 0 Å². The molecule has 0 amide bonds. The highest BCUT2D eigenvalue weighted by atomic mass is 16.5. The average Bonchev–Trinajstić information content (AvgIpc) is 3.12. The third-order valence-corrected chi connectivity index (χ3v) is 7.96. The highest BCUT2D eigenvalue weighted by Gasteiger charge is 2.27. The molecule has 2 fully saturated rings. The van der Waals surface area contributed by atoms with Crippen LogP contribution in [-0.2, 0) is 11.8 Å². The largest absolute Gasteiger partial charge is 0.381 e. The molecule has 170 valence electrons. The fourth-order valence-electron chi connectivity index (χ4n) is 5.89. The number of imidazole rings is 1. The van der Waals surface area contributed by atoms with Crippen molar-refractivity contribution in [3.63, 3.8) is 0 Å². The zero-order valence-corrected chi connectivity index (χ0v) is 19.9. The Bertz CT molecular complexity index is 1050. The lowest BCUT2D eigenvalue weighted by atomic mass is 9.77. The first-order valence-electron chi connectivity index (χ1n) is 12.4. The molecule has 2 unspecified atom stereocenters. The summed E-state index contributed by atoms with van der Waals surface area (Å²) in [7, 11) is 4.41. The molecule has 2 aliphatic rings. The number of fused-ring (bicyclic) bond motifs is 1. The van der Waals surface area contributed by atoms with Crippen LogP contribution in [0.15, 0.2) is 42.5 Å². The van der Waals surface area contributed by atoms with E-state index in [1.807, 2.05) is 0 Å². The molecule has 2 atom stereocenters. The second kappa shape index (κ2) is 9.36. The average molecular weight is 432 g/mol. The van der Waals surface area contributed by atoms with Gasteiger partial charge in [0.15, 0.2) is 0 Å². The Morgan fingerprint density at radius 2 is 1.75 bits per heavy atom. The number of rotatable bonds is 5. The summed E-state index contributed by atoms with van der Waals surface area (Å²) in [6.45, 7) is 5.17. The summed E-state index contributed by atoms with van der Waals surface area (Å²) in [5.74, 6) is 2.57. The van der Waals surface area contributed by atoms with Gasteiger partial charge in [-0.3, -0.25) is 0 Å². The normalized spacial score (nSPS) is 22.6. The second-order valence-electron chi connectivity index (χ2n) is 10.1. The van der Waals surface area contributed by atoms with Gasteiger partial charge in [0.25, 0.3) is 0 Å². The van der Waals surface area contributed by atoms with Gasteiger partial charge in [-0.05, 0) is 86.7 Å². The van der Waals surface area contributed by atoms with E-state index in [1.165, 1.54) is 67.3 Å². The monoisotopic (exact) mass is 431 g/mol. The van der Waals surface area contributed by atoms with Gasteiger partial charge in [-0.25, -0.2) is 4.98 Å². The van der Waals surface area contributed by atoms with Gasteiger partial charge in [0, 0.05) is 32.8 Å². The van der Waals surface area contributed by atoms with E-state index in [2.05, 4.69) is 73.0 Å². The van der Waals surface area contributed by atoms with Gasteiger partial charge in [-0.1, -0.05) is 36.8 Å². The predicted molar refractivity (Wildman–Crippen MR) is 132 cm³/mol. The van der Waals surface area contributed by atoms with E-state index in [-0.39, 0.29) is 0 Å². The van der Waals surface area contributed by atoms with Gasteiger partial charge in [0.2, 0.25) is 0 Å². The van der Waals surface area contributed by atoms with Crippen LogP contribution in [-0.4, -0.2) is 47.3 Å². The van der Waals surface area contributed by atoms with E-state index in [1.54, 1.807) is 0 Å². The van der Waals surface area contributed by atoms with Crippen molar-refractivity contribution in [1.82, 2.24) is 14.5 Å². The molecular weight excluding hydrogens is 394 g/mol. The summed E-state index contributed by atoms with van der Waals surface area (Å²) in [4.78, 5) is 7.33. The van der Waals surface area contributed by atoms with Crippen LogP contribution in [0.1, 0.15) is 55.8 Å². The molecule has 1 aromatic heterocycles. The maximum Gasteiger partial charge on any atom is 0.106 e. The minimum absolute atomic E-state index is 0.701. The molecular formula is C28H37N3O. The highest BCUT2D eigenvalue weighted by molar-refractivity contribution is 5.82. The maximum atomic E-state index is 5.55. The maximum absolute atomic E-state index is 5.55. The van der Waals surface area contributed by atoms with Crippen LogP contribution in [0.3, 0.4) is 0 Å². The molecule has 0 radical (unpaired) electrons. The third-order valence-electron chi connectivity index (χ3n) is 7.96. The van der Waals surface area contributed by atoms with Gasteiger partial charge < -0.3 is 14.2 Å². The smallest absolute Gasteiger partial charge is 0.106 e. The van der Waals surface area contributed by atoms with Crippen molar-refractivity contribution in [3.05, 3.63) is 53.9 Å². The molecule has 4 heteroatoms. The standard InChI is InChI=1S/C28H37N3O/c1-20-29-27-18-25(11-12-28(27)31(20)3)23-9-7-22(8-10-23)24-6-4-5-21(17-24)19-30(2)26-13-15-32-16-14-26/h7-12,18,21,24,26H,4-6,13-17,19H2,1-3H3. The first kappa shape index (κ1) is 21.7. The number of benzene rings is 2. The summed E-state index contributed by atoms with van der Waals surface area (Å²) < 4.78 is 7.71. The summed E-state index contributed by atoms with van der Waals surface area (Å²) in [5.41, 5.74) is 6.33. The molecule has 0 N–H and O–H groups in total. The Morgan fingerprint density at radius 3 is 2.53 bits per heavy atom. The third kappa shape index (κ3) is 4.49. The number of aromatic nitrogens is 2. The van der Waals surface area contributed by atoms with Crippen LogP contribution in [0.2, 0.25) is 0 Å². The molecule has 2 aromatic carbocycles. The van der Waals surface area contributed by atoms with Crippen LogP contribution in [0, 0.1) is 12.8 Å². The second-order valence-corrected chi connectivity index (χ2v) is 10.1. The molecule has 32 heavy (non-hydrogen) atoms. The first-order chi connectivity index (χ1) is 15.6. The molecule has 0 bridgehead atoms. The Balaban J connectivity index is 1.25. The van der Waals surface area contributed by atoms with Gasteiger partial charge >= 0.3 is 0 Å². The Kier molecular flexibility index (Phi) is 6.34. The molecule has 1 aliphatic carbocycles. The fraction of sp³-hybridized carbons (Fsp3) is 0.536. The van der Waals surface area contributed by atoms with Gasteiger partial charge in [0.1, 0.15) is 5.82 Å². The minimum Gasteiger partial charge on any atom is -0.381 e. The Labute approximate surface area is 192 Å². The lowest BCUT2D eigenvalue weighted by molar-refractivity contribution is 0.0357. The van der Waals surface area contributed by atoms with Gasteiger partial charge in [-0.2, -0.15) is 0 Å². The van der Waals surface area contributed by atoms with Crippen molar-refractivity contribution in [1.29, 1.82) is 0 Å². The van der Waals surface area contributed by atoms with Crippen molar-refractivity contribution < 1.29 is 4.74 Å². The Morgan fingerprint density at radius 1 is 1.00 bits per heavy atom. The van der Waals surface area contributed by atoms with E-state index < -0.39 is 0 Å². The molecule has 1 saturated carbocycles. The lowest BCUT2D eigenvalue weighted by Gasteiger charge is -2.36. The van der Waals surface area contributed by atoms with Crippen LogP contribution < -0.4 is 0 Å². The zero-order valence-electron chi connectivity index (χ0n) is 19.9. The molecule has 1 saturated heterocycles. The predicted octanol–water partition coefficient (Wildman–Crippen LogP) is 5.93. The summed E-state index contributed by atoms with van der Waals surface area (Å²) >= 11 is 0. The van der Waals surface area contributed by atoms with E-state index in [0.29, 0.717) is 12.0 Å². The first-order valence-corrected chi connectivity index (χ1v) is 12.4. The van der Waals surface area contributed by atoms with Crippen molar-refractivity contribution in [2.75, 3.05) is 26.8 Å². The van der Waals surface area contributed by atoms with Crippen molar-refractivity contribution in [3.8, 4) is 11.1 Å². The lowest BCUT2D eigenvalue weighted by Crippen LogP contribution is -2.40. The van der Waals surface area contributed by atoms with Crippen molar-refractivity contribution in [2.45, 2.75) is 57.4 Å². The molecule has 2 heterocycles. The van der Waals surface area contributed by atoms with Gasteiger partial charge in [0.05, 0.1) is 11.0 Å². The highest BCUT2D eigenvalue weighted by Crippen LogP contribution is 2.37. The Hall–Kier alpha value is -2.17. The topological polar surface area (TPSA) is 30.3 Å². The van der Waals surface area contributed by atoms with E-state index in [0.717, 1.165) is 30.5 Å². The number of aryl methyl sites for hydroxylation is 2. The van der Waals surface area contributed by atoms with Crippen LogP contribution >= 0.6 is 0 Å². The molecule has 3 aromatic rings. The number of hydrogen-bond acceptors (Lipinski definition) is 3. The number of nitrogens with zero attached hydrogens (tertiary/aromatic N) is 3. The fourth-order valence-corrected chi connectivity index (χ4v) is 5.89. The van der Waals surface area contributed by atoms with Gasteiger partial charge in [-0.15, -0.1) is 0 Å². The number of ether oxygens (including phenoxy) is 1. The molecule has 4 nitrogen and oxygen atoms in total. The molecule has 1 aliphatic heterocycles. The summed E-state index contributed by atoms with van der Waals surface area (Å²) in [6, 6.07) is 16.7. The minimum atomic E-state index is 0.701. The van der Waals surface area contributed by atoms with Crippen LogP contribution in [0.5, 0.6) is 0 Å². The molecule has 5 rings (SSSR count). The van der Waals surface area contributed by atoms with Crippen LogP contribution in [0.4, 0.5) is 0 Å².